The van der Waals surface area contributed by atoms with Gasteiger partial charge < -0.3 is 15.0 Å². The Bertz CT molecular complexity index is 945. The molecule has 32 heavy (non-hydrogen) atoms. The molecule has 1 aromatic carbocycles. The first kappa shape index (κ1) is 22.5. The number of urea groups is 1. The number of benzene rings is 1. The van der Waals surface area contributed by atoms with Gasteiger partial charge in [0.15, 0.2) is 0 Å². The van der Waals surface area contributed by atoms with E-state index in [1.807, 2.05) is 56.0 Å². The molecule has 3 heterocycles. The van der Waals surface area contributed by atoms with Crippen LogP contribution in [0.2, 0.25) is 0 Å². The number of alkyl carbamates (subject to hydrolysis) is 1. The number of hydrogen-bond acceptors (Lipinski definition) is 7. The number of carbonyl (C=O) groups excluding carboxylic acids is 2. The van der Waals surface area contributed by atoms with E-state index in [0.717, 1.165) is 28.4 Å². The maximum atomic E-state index is 13.0. The van der Waals surface area contributed by atoms with E-state index < -0.39 is 11.7 Å². The van der Waals surface area contributed by atoms with E-state index in [-0.39, 0.29) is 18.1 Å². The van der Waals surface area contributed by atoms with Crippen molar-refractivity contribution in [1.29, 1.82) is 0 Å². The number of hydrogen-bond donors (Lipinski definition) is 1. The van der Waals surface area contributed by atoms with Crippen molar-refractivity contribution < 1.29 is 19.2 Å². The molecule has 0 saturated carbocycles. The maximum Gasteiger partial charge on any atom is 0.407 e. The largest absolute Gasteiger partial charge is 0.444 e. The van der Waals surface area contributed by atoms with Crippen molar-refractivity contribution in [3.63, 3.8) is 0 Å². The molecule has 1 aromatic heterocycles. The average molecular weight is 460 g/mol. The van der Waals surface area contributed by atoms with Crippen molar-refractivity contribution in [2.75, 3.05) is 13.1 Å². The summed E-state index contributed by atoms with van der Waals surface area (Å²) in [6, 6.07) is 9.69. The zero-order valence-corrected chi connectivity index (χ0v) is 19.4. The number of hydroxylamine groups is 2. The Balaban J connectivity index is 1.30. The number of nitrogens with zero attached hydrogens (tertiary/aromatic N) is 4. The molecule has 2 aliphatic heterocycles. The molecule has 2 bridgehead atoms. The van der Waals surface area contributed by atoms with Crippen molar-refractivity contribution in [2.45, 2.75) is 64.3 Å². The Hall–Kier alpha value is -2.72. The van der Waals surface area contributed by atoms with E-state index in [0.29, 0.717) is 26.1 Å². The third-order valence-electron chi connectivity index (χ3n) is 5.31. The third kappa shape index (κ3) is 5.36. The van der Waals surface area contributed by atoms with Crippen molar-refractivity contribution in [2.24, 2.45) is 0 Å². The topological polar surface area (TPSA) is 96.9 Å². The molecule has 9 nitrogen and oxygen atoms in total. The number of amides is 3. The highest BCUT2D eigenvalue weighted by molar-refractivity contribution is 7.11. The molecule has 2 aliphatic rings. The summed E-state index contributed by atoms with van der Waals surface area (Å²) in [4.78, 5) is 32.5. The molecular formula is C22H29N5O4S. The van der Waals surface area contributed by atoms with Gasteiger partial charge in [-0.05, 0) is 39.2 Å². The van der Waals surface area contributed by atoms with Crippen molar-refractivity contribution in [3.8, 4) is 0 Å². The van der Waals surface area contributed by atoms with Gasteiger partial charge in [0.1, 0.15) is 22.2 Å². The highest BCUT2D eigenvalue weighted by Gasteiger charge is 2.47. The van der Waals surface area contributed by atoms with E-state index in [1.54, 1.807) is 0 Å². The zero-order valence-electron chi connectivity index (χ0n) is 18.6. The van der Waals surface area contributed by atoms with E-state index in [2.05, 4.69) is 15.5 Å². The summed E-state index contributed by atoms with van der Waals surface area (Å²) in [6.07, 6.45) is 1.80. The molecule has 0 unspecified atom stereocenters. The minimum Gasteiger partial charge on any atom is -0.444 e. The fourth-order valence-electron chi connectivity index (χ4n) is 3.86. The van der Waals surface area contributed by atoms with Crippen LogP contribution in [0.15, 0.2) is 30.3 Å². The lowest BCUT2D eigenvalue weighted by atomic mass is 10.0. The van der Waals surface area contributed by atoms with Crippen LogP contribution in [0.5, 0.6) is 0 Å². The van der Waals surface area contributed by atoms with Crippen LogP contribution in [0.25, 0.3) is 0 Å². The Kier molecular flexibility index (Phi) is 6.61. The SMILES string of the molecule is CC(C)(C)OC(=O)NCCc1nnc([C@@H]2CC[C@H]3CN2C(=O)N3OCc2ccccc2)s1. The fraction of sp³-hybridized carbons (Fsp3) is 0.545. The van der Waals surface area contributed by atoms with Crippen molar-refractivity contribution in [1.82, 2.24) is 25.5 Å². The Labute approximate surface area is 191 Å². The number of piperidine rings is 1. The van der Waals surface area contributed by atoms with E-state index in [1.165, 1.54) is 16.4 Å². The maximum absolute atomic E-state index is 13.0. The van der Waals surface area contributed by atoms with Crippen LogP contribution in [-0.2, 0) is 22.6 Å². The number of nitrogens with one attached hydrogen (secondary N) is 1. The Morgan fingerprint density at radius 1 is 1.22 bits per heavy atom. The average Bonchev–Trinajstić information content (AvgIpc) is 3.30. The monoisotopic (exact) mass is 459 g/mol. The molecule has 2 fully saturated rings. The van der Waals surface area contributed by atoms with E-state index in [4.69, 9.17) is 9.57 Å². The molecule has 1 N–H and O–H groups in total. The minimum absolute atomic E-state index is 0.0629. The second-order valence-corrected chi connectivity index (χ2v) is 10.1. The Morgan fingerprint density at radius 3 is 2.75 bits per heavy atom. The predicted octanol–water partition coefficient (Wildman–Crippen LogP) is 3.68. The van der Waals surface area contributed by atoms with Crippen LogP contribution in [-0.4, -0.2) is 57.0 Å². The van der Waals surface area contributed by atoms with Gasteiger partial charge in [-0.15, -0.1) is 10.2 Å². The summed E-state index contributed by atoms with van der Waals surface area (Å²) < 4.78 is 5.24. The van der Waals surface area contributed by atoms with Crippen LogP contribution < -0.4 is 5.32 Å². The minimum atomic E-state index is -0.528. The number of fused-ring (bicyclic) bond motifs is 2. The van der Waals surface area contributed by atoms with Gasteiger partial charge in [0.2, 0.25) is 0 Å². The van der Waals surface area contributed by atoms with E-state index >= 15 is 0 Å². The lowest BCUT2D eigenvalue weighted by Crippen LogP contribution is -2.34. The second-order valence-electron chi connectivity index (χ2n) is 8.98. The molecule has 2 aromatic rings. The summed E-state index contributed by atoms with van der Waals surface area (Å²) in [5, 5.41) is 14.5. The van der Waals surface area contributed by atoms with Gasteiger partial charge in [-0.25, -0.2) is 9.59 Å². The Morgan fingerprint density at radius 2 is 2.00 bits per heavy atom. The molecule has 0 radical (unpaired) electrons. The molecule has 172 valence electrons. The van der Waals surface area contributed by atoms with Gasteiger partial charge in [-0.1, -0.05) is 41.7 Å². The normalized spacial score (nSPS) is 20.5. The smallest absolute Gasteiger partial charge is 0.407 e. The fourth-order valence-corrected chi connectivity index (χ4v) is 4.85. The molecule has 2 saturated heterocycles. The quantitative estimate of drug-likeness (QED) is 0.678. The van der Waals surface area contributed by atoms with Gasteiger partial charge >= 0.3 is 12.1 Å². The van der Waals surface area contributed by atoms with Crippen LogP contribution >= 0.6 is 11.3 Å². The first-order valence-electron chi connectivity index (χ1n) is 10.9. The summed E-state index contributed by atoms with van der Waals surface area (Å²) in [6.45, 7) is 6.89. The van der Waals surface area contributed by atoms with Gasteiger partial charge in [0, 0.05) is 19.5 Å². The highest BCUT2D eigenvalue weighted by Crippen LogP contribution is 2.39. The van der Waals surface area contributed by atoms with Crippen LogP contribution in [0.4, 0.5) is 9.59 Å². The van der Waals surface area contributed by atoms with Gasteiger partial charge in [-0.3, -0.25) is 4.84 Å². The number of ether oxygens (including phenoxy) is 1. The number of aromatic nitrogens is 2. The second kappa shape index (κ2) is 9.41. The molecule has 2 atom stereocenters. The summed E-state index contributed by atoms with van der Waals surface area (Å²) >= 11 is 1.49. The first-order chi connectivity index (χ1) is 15.3. The summed E-state index contributed by atoms with van der Waals surface area (Å²) in [5.41, 5.74) is 0.502. The van der Waals surface area contributed by atoms with Crippen LogP contribution in [0, 0.1) is 0 Å². The first-order valence-corrected chi connectivity index (χ1v) is 11.7. The lowest BCUT2D eigenvalue weighted by molar-refractivity contribution is -0.140. The number of carbonyl (C=O) groups is 2. The molecule has 0 aliphatic carbocycles. The van der Waals surface area contributed by atoms with Crippen molar-refractivity contribution in [3.05, 3.63) is 45.9 Å². The molecular weight excluding hydrogens is 430 g/mol. The standard InChI is InChI=1S/C22H29N5O4S/c1-22(2,3)31-20(28)23-12-11-18-24-25-19(32-18)17-10-9-16-13-26(17)21(29)27(16)30-14-15-7-5-4-6-8-15/h4-8,16-17H,9-14H2,1-3H3,(H,23,28)/t16-,17-/m0/s1. The van der Waals surface area contributed by atoms with Gasteiger partial charge in [0.05, 0.1) is 12.1 Å². The third-order valence-corrected chi connectivity index (χ3v) is 6.39. The van der Waals surface area contributed by atoms with Crippen molar-refractivity contribution >= 4 is 23.5 Å². The molecule has 3 amide bonds. The van der Waals surface area contributed by atoms with Gasteiger partial charge in [-0.2, -0.15) is 5.06 Å². The highest BCUT2D eigenvalue weighted by atomic mass is 32.1. The van der Waals surface area contributed by atoms with Gasteiger partial charge in [0.25, 0.3) is 0 Å². The van der Waals surface area contributed by atoms with Crippen LogP contribution in [0.1, 0.15) is 55.2 Å². The molecule has 0 spiro atoms. The zero-order chi connectivity index (χ0) is 22.7. The number of rotatable bonds is 7. The van der Waals surface area contributed by atoms with Crippen LogP contribution in [0.3, 0.4) is 0 Å². The molecule has 4 rings (SSSR count). The summed E-state index contributed by atoms with van der Waals surface area (Å²) in [5.74, 6) is 0. The van der Waals surface area contributed by atoms with E-state index in [9.17, 15) is 9.59 Å². The summed E-state index contributed by atoms with van der Waals surface area (Å²) in [7, 11) is 0. The molecule has 10 heteroatoms. The predicted molar refractivity (Wildman–Crippen MR) is 119 cm³/mol. The lowest BCUT2D eigenvalue weighted by Gasteiger charge is -2.28.